The summed E-state index contributed by atoms with van der Waals surface area (Å²) >= 11 is 0. The molecule has 1 N–H and O–H groups in total. The minimum atomic E-state index is 0.0125. The number of carbonyl (C=O) groups is 1. The van der Waals surface area contributed by atoms with Gasteiger partial charge in [0.2, 0.25) is 5.91 Å². The molecule has 1 aliphatic heterocycles. The van der Waals surface area contributed by atoms with Crippen molar-refractivity contribution in [1.82, 2.24) is 19.8 Å². The Balaban J connectivity index is 1.43. The lowest BCUT2D eigenvalue weighted by Gasteiger charge is -2.34. The van der Waals surface area contributed by atoms with Crippen molar-refractivity contribution in [2.24, 2.45) is 0 Å². The van der Waals surface area contributed by atoms with Gasteiger partial charge in [-0.3, -0.25) is 14.7 Å². The molecule has 1 fully saturated rings. The molecule has 140 valence electrons. The number of pyridine rings is 1. The molecule has 1 saturated heterocycles. The minimum absolute atomic E-state index is 0.0125. The first-order valence-corrected chi connectivity index (χ1v) is 9.33. The van der Waals surface area contributed by atoms with Crippen LogP contribution in [0.3, 0.4) is 0 Å². The lowest BCUT2D eigenvalue weighted by Crippen LogP contribution is -2.44. The molecule has 1 aliphatic rings. The fourth-order valence-electron chi connectivity index (χ4n) is 3.62. The molecule has 0 spiro atoms. The quantitative estimate of drug-likeness (QED) is 0.729. The van der Waals surface area contributed by atoms with Gasteiger partial charge in [-0.05, 0) is 29.1 Å². The van der Waals surface area contributed by atoms with Crippen molar-refractivity contribution in [3.8, 4) is 0 Å². The number of rotatable bonds is 6. The topological polar surface area (TPSA) is 59.4 Å². The second-order valence-corrected chi connectivity index (χ2v) is 6.76. The summed E-state index contributed by atoms with van der Waals surface area (Å²) in [5, 5.41) is 4.26. The van der Waals surface area contributed by atoms with Gasteiger partial charge in [-0.1, -0.05) is 24.3 Å². The number of nitrogens with zero attached hydrogens (tertiary/aromatic N) is 3. The third kappa shape index (κ3) is 4.18. The van der Waals surface area contributed by atoms with E-state index in [1.54, 1.807) is 6.20 Å². The van der Waals surface area contributed by atoms with Crippen LogP contribution >= 0.6 is 0 Å². The number of nitrogens with one attached hydrogen (secondary N) is 1. The predicted octanol–water partition coefficient (Wildman–Crippen LogP) is 2.23. The molecule has 6 nitrogen and oxygen atoms in total. The summed E-state index contributed by atoms with van der Waals surface area (Å²) < 4.78 is 7.46. The van der Waals surface area contributed by atoms with E-state index in [4.69, 9.17) is 4.74 Å². The molecular weight excluding hydrogens is 340 g/mol. The molecule has 1 atom stereocenters. The van der Waals surface area contributed by atoms with Gasteiger partial charge >= 0.3 is 0 Å². The number of aromatic nitrogens is 2. The first-order valence-electron chi connectivity index (χ1n) is 9.33. The van der Waals surface area contributed by atoms with E-state index < -0.39 is 0 Å². The van der Waals surface area contributed by atoms with Crippen molar-refractivity contribution in [2.75, 3.05) is 32.8 Å². The zero-order valence-corrected chi connectivity index (χ0v) is 15.3. The van der Waals surface area contributed by atoms with E-state index in [9.17, 15) is 4.79 Å². The Morgan fingerprint density at radius 1 is 1.15 bits per heavy atom. The zero-order chi connectivity index (χ0) is 18.5. The molecule has 27 heavy (non-hydrogen) atoms. The lowest BCUT2D eigenvalue weighted by atomic mass is 10.1. The Morgan fingerprint density at radius 2 is 2.00 bits per heavy atom. The SMILES string of the molecule is O=C(Cn1ccc2ccccc21)NC[C@H](c1cccnc1)N1CCOCC1. The van der Waals surface area contributed by atoms with Crippen LogP contribution < -0.4 is 5.32 Å². The van der Waals surface area contributed by atoms with E-state index >= 15 is 0 Å². The number of hydrogen-bond acceptors (Lipinski definition) is 4. The number of ether oxygens (including phenoxy) is 1. The third-order valence-corrected chi connectivity index (χ3v) is 5.04. The first kappa shape index (κ1) is 17.7. The number of para-hydroxylation sites is 1. The minimum Gasteiger partial charge on any atom is -0.379 e. The maximum absolute atomic E-state index is 12.6. The molecule has 6 heteroatoms. The number of morpholine rings is 1. The Labute approximate surface area is 158 Å². The zero-order valence-electron chi connectivity index (χ0n) is 15.3. The molecule has 2 aromatic heterocycles. The molecule has 3 aromatic rings. The van der Waals surface area contributed by atoms with Crippen LogP contribution in [-0.2, 0) is 16.1 Å². The molecule has 1 amide bonds. The number of fused-ring (bicyclic) bond motifs is 1. The molecular formula is C21H24N4O2. The summed E-state index contributed by atoms with van der Waals surface area (Å²) in [7, 11) is 0. The number of hydrogen-bond donors (Lipinski definition) is 1. The van der Waals surface area contributed by atoms with Crippen molar-refractivity contribution < 1.29 is 9.53 Å². The van der Waals surface area contributed by atoms with E-state index in [1.165, 1.54) is 0 Å². The van der Waals surface area contributed by atoms with Crippen LogP contribution in [0.1, 0.15) is 11.6 Å². The molecule has 1 aromatic carbocycles. The summed E-state index contributed by atoms with van der Waals surface area (Å²) in [4.78, 5) is 19.2. The van der Waals surface area contributed by atoms with Crippen molar-refractivity contribution in [1.29, 1.82) is 0 Å². The van der Waals surface area contributed by atoms with E-state index in [1.807, 2.05) is 47.3 Å². The average Bonchev–Trinajstić information content (AvgIpc) is 3.13. The highest BCUT2D eigenvalue weighted by atomic mass is 16.5. The van der Waals surface area contributed by atoms with Crippen molar-refractivity contribution in [3.05, 3.63) is 66.6 Å². The van der Waals surface area contributed by atoms with Crippen molar-refractivity contribution in [2.45, 2.75) is 12.6 Å². The third-order valence-electron chi connectivity index (χ3n) is 5.04. The summed E-state index contributed by atoms with van der Waals surface area (Å²) in [6.07, 6.45) is 5.62. The van der Waals surface area contributed by atoms with Crippen LogP contribution in [0.2, 0.25) is 0 Å². The van der Waals surface area contributed by atoms with Crippen molar-refractivity contribution in [3.63, 3.8) is 0 Å². The van der Waals surface area contributed by atoms with Gasteiger partial charge < -0.3 is 14.6 Å². The average molecular weight is 364 g/mol. The first-order chi connectivity index (χ1) is 13.3. The number of amides is 1. The van der Waals surface area contributed by atoms with Crippen LogP contribution in [0.25, 0.3) is 10.9 Å². The van der Waals surface area contributed by atoms with Crippen LogP contribution in [0.5, 0.6) is 0 Å². The number of benzene rings is 1. The van der Waals surface area contributed by atoms with Gasteiger partial charge in [-0.2, -0.15) is 0 Å². The van der Waals surface area contributed by atoms with Gasteiger partial charge in [0.05, 0.1) is 19.3 Å². The summed E-state index contributed by atoms with van der Waals surface area (Å²) in [5.41, 5.74) is 2.19. The van der Waals surface area contributed by atoms with Crippen LogP contribution in [0, 0.1) is 0 Å². The maximum Gasteiger partial charge on any atom is 0.240 e. The van der Waals surface area contributed by atoms with Crippen LogP contribution in [0.15, 0.2) is 61.1 Å². The Hall–Kier alpha value is -2.70. The van der Waals surface area contributed by atoms with Gasteiger partial charge in [0.15, 0.2) is 0 Å². The number of carbonyl (C=O) groups excluding carboxylic acids is 1. The highest BCUT2D eigenvalue weighted by Gasteiger charge is 2.23. The molecule has 0 bridgehead atoms. The van der Waals surface area contributed by atoms with Gasteiger partial charge in [0.1, 0.15) is 6.54 Å². The van der Waals surface area contributed by atoms with Gasteiger partial charge in [-0.15, -0.1) is 0 Å². The summed E-state index contributed by atoms with van der Waals surface area (Å²) in [5.74, 6) is 0.0125. The molecule has 0 saturated carbocycles. The standard InChI is InChI=1S/C21H24N4O2/c26-21(16-25-9-7-17-4-1-2-6-19(17)25)23-15-20(18-5-3-8-22-14-18)24-10-12-27-13-11-24/h1-9,14,20H,10-13,15-16H2,(H,23,26)/t20-/m1/s1. The second-order valence-electron chi connectivity index (χ2n) is 6.76. The largest absolute Gasteiger partial charge is 0.379 e. The molecule has 0 aliphatic carbocycles. The highest BCUT2D eigenvalue weighted by Crippen LogP contribution is 2.20. The molecule has 0 unspecified atom stereocenters. The predicted molar refractivity (Wildman–Crippen MR) is 104 cm³/mol. The van der Waals surface area contributed by atoms with E-state index in [2.05, 4.69) is 27.3 Å². The smallest absolute Gasteiger partial charge is 0.240 e. The van der Waals surface area contributed by atoms with Crippen LogP contribution in [-0.4, -0.2) is 53.2 Å². The maximum atomic E-state index is 12.6. The summed E-state index contributed by atoms with van der Waals surface area (Å²) in [6, 6.07) is 14.2. The molecule has 0 radical (unpaired) electrons. The van der Waals surface area contributed by atoms with Gasteiger partial charge in [-0.25, -0.2) is 0 Å². The summed E-state index contributed by atoms with van der Waals surface area (Å²) in [6.45, 7) is 4.04. The fourth-order valence-corrected chi connectivity index (χ4v) is 3.62. The van der Waals surface area contributed by atoms with Gasteiger partial charge in [0.25, 0.3) is 0 Å². The fraction of sp³-hybridized carbons (Fsp3) is 0.333. The Bertz CT molecular complexity index is 887. The molecule has 3 heterocycles. The second kappa shape index (κ2) is 8.33. The lowest BCUT2D eigenvalue weighted by molar-refractivity contribution is -0.122. The molecule has 4 rings (SSSR count). The monoisotopic (exact) mass is 364 g/mol. The Kier molecular flexibility index (Phi) is 5.46. The Morgan fingerprint density at radius 3 is 2.81 bits per heavy atom. The highest BCUT2D eigenvalue weighted by molar-refractivity contribution is 5.83. The van der Waals surface area contributed by atoms with E-state index in [0.717, 1.165) is 42.8 Å². The van der Waals surface area contributed by atoms with Gasteiger partial charge in [0, 0.05) is 43.7 Å². The van der Waals surface area contributed by atoms with E-state index in [-0.39, 0.29) is 11.9 Å². The normalized spacial score (nSPS) is 16.3. The van der Waals surface area contributed by atoms with Crippen molar-refractivity contribution >= 4 is 16.8 Å². The van der Waals surface area contributed by atoms with Crippen LogP contribution in [0.4, 0.5) is 0 Å². The van der Waals surface area contributed by atoms with E-state index in [0.29, 0.717) is 13.1 Å².